The maximum absolute atomic E-state index is 13.4. The lowest BCUT2D eigenvalue weighted by atomic mass is 9.90. The second kappa shape index (κ2) is 8.46. The molecule has 0 fully saturated rings. The Balaban J connectivity index is 1.39. The highest BCUT2D eigenvalue weighted by Gasteiger charge is 2.19. The Morgan fingerprint density at radius 3 is 2.39 bits per heavy atom. The summed E-state index contributed by atoms with van der Waals surface area (Å²) in [6.45, 7) is 0. The molecule has 166 valence electrons. The van der Waals surface area contributed by atoms with Gasteiger partial charge in [0.2, 0.25) is 0 Å². The van der Waals surface area contributed by atoms with Gasteiger partial charge in [0.1, 0.15) is 5.65 Å². The Kier molecular flexibility index (Phi) is 5.34. The summed E-state index contributed by atoms with van der Waals surface area (Å²) in [6.07, 6.45) is 5.28. The number of hydrogen-bond donors (Lipinski definition) is 3. The number of H-pyrrole nitrogens is 1. The fourth-order valence-electron chi connectivity index (χ4n) is 4.21. The van der Waals surface area contributed by atoms with Gasteiger partial charge in [-0.3, -0.25) is 9.59 Å². The van der Waals surface area contributed by atoms with Crippen molar-refractivity contribution >= 4 is 34.0 Å². The lowest BCUT2D eigenvalue weighted by Gasteiger charge is -2.19. The van der Waals surface area contributed by atoms with E-state index in [-0.39, 0.29) is 11.1 Å². The molecule has 0 aliphatic heterocycles. The monoisotopic (exact) mass is 446 g/mol. The van der Waals surface area contributed by atoms with Crippen molar-refractivity contribution in [1.82, 2.24) is 9.97 Å². The Hall–Kier alpha value is -4.07. The van der Waals surface area contributed by atoms with Crippen LogP contribution in [0.25, 0.3) is 11.0 Å². The average Bonchev–Trinajstić information content (AvgIpc) is 2.82. The number of anilines is 3. The third kappa shape index (κ3) is 4.07. The van der Waals surface area contributed by atoms with E-state index in [0.29, 0.717) is 11.3 Å². The number of carbonyl (C=O) groups excluding carboxylic acids is 1. The minimum atomic E-state index is -1.07. The molecule has 0 unspecified atom stereocenters. The van der Waals surface area contributed by atoms with E-state index < -0.39 is 17.5 Å². The zero-order valence-electron chi connectivity index (χ0n) is 17.5. The number of benzene rings is 2. The van der Waals surface area contributed by atoms with Crippen LogP contribution in [-0.2, 0) is 12.8 Å². The average molecular weight is 446 g/mol. The lowest BCUT2D eigenvalue weighted by molar-refractivity contribution is 0.102. The van der Waals surface area contributed by atoms with Gasteiger partial charge in [-0.1, -0.05) is 0 Å². The third-order valence-corrected chi connectivity index (χ3v) is 5.83. The van der Waals surface area contributed by atoms with E-state index >= 15 is 0 Å². The van der Waals surface area contributed by atoms with Crippen molar-refractivity contribution in [2.24, 2.45) is 0 Å². The fraction of sp³-hybridized carbons (Fsp3) is 0.160. The van der Waals surface area contributed by atoms with E-state index in [0.717, 1.165) is 65.7 Å². The first-order valence-corrected chi connectivity index (χ1v) is 10.7. The number of nitrogens with one attached hydrogen (secondary N) is 3. The lowest BCUT2D eigenvalue weighted by Crippen LogP contribution is -2.20. The van der Waals surface area contributed by atoms with Crippen LogP contribution in [0.5, 0.6) is 0 Å². The fourth-order valence-corrected chi connectivity index (χ4v) is 4.21. The van der Waals surface area contributed by atoms with Gasteiger partial charge >= 0.3 is 0 Å². The van der Waals surface area contributed by atoms with Crippen molar-refractivity contribution in [2.75, 3.05) is 10.6 Å². The quantitative estimate of drug-likeness (QED) is 0.408. The van der Waals surface area contributed by atoms with Crippen LogP contribution in [-0.4, -0.2) is 15.9 Å². The second-order valence-corrected chi connectivity index (χ2v) is 7.99. The van der Waals surface area contributed by atoms with E-state index in [1.165, 1.54) is 6.07 Å². The van der Waals surface area contributed by atoms with Crippen LogP contribution in [0.2, 0.25) is 0 Å². The Bertz CT molecular complexity index is 1430. The molecule has 2 aromatic heterocycles. The molecule has 2 aromatic carbocycles. The maximum atomic E-state index is 13.4. The second-order valence-electron chi connectivity index (χ2n) is 7.99. The van der Waals surface area contributed by atoms with Crippen LogP contribution in [0.15, 0.2) is 59.5 Å². The first kappa shape index (κ1) is 20.8. The number of amides is 1. The van der Waals surface area contributed by atoms with Crippen LogP contribution in [0.3, 0.4) is 0 Å². The van der Waals surface area contributed by atoms with Crippen molar-refractivity contribution in [2.45, 2.75) is 25.7 Å². The number of carbonyl (C=O) groups is 1. The molecule has 0 saturated heterocycles. The maximum Gasteiger partial charge on any atom is 0.255 e. The first-order chi connectivity index (χ1) is 16.0. The smallest absolute Gasteiger partial charge is 0.255 e. The molecular weight excluding hydrogens is 426 g/mol. The molecule has 5 rings (SSSR count). The Morgan fingerprint density at radius 1 is 0.909 bits per heavy atom. The molecular formula is C25H20F2N4O2. The summed E-state index contributed by atoms with van der Waals surface area (Å²) in [4.78, 5) is 32.0. The zero-order chi connectivity index (χ0) is 22.9. The highest BCUT2D eigenvalue weighted by atomic mass is 19.2. The molecule has 0 bridgehead atoms. The number of aryl methyl sites for hydroxylation is 1. The summed E-state index contributed by atoms with van der Waals surface area (Å²) in [5.41, 5.74) is 4.53. The predicted molar refractivity (Wildman–Crippen MR) is 123 cm³/mol. The van der Waals surface area contributed by atoms with E-state index in [2.05, 4.69) is 20.6 Å². The predicted octanol–water partition coefficient (Wildman–Crippen LogP) is 5.08. The van der Waals surface area contributed by atoms with Gasteiger partial charge in [-0.05, 0) is 79.8 Å². The minimum absolute atomic E-state index is 0.0260. The number of pyridine rings is 2. The standard InChI is InChI=1S/C25H20F2N4O2/c26-19-10-5-14(13-20(19)27)24(32)30-16-8-6-15(7-9-16)29-21-11-12-28-23-22(21)17-3-1-2-4-18(17)25(33)31-23/h5-13H,1-4H2,(H,30,32)(H2,28,29,31,33). The van der Waals surface area contributed by atoms with E-state index in [1.807, 2.05) is 6.07 Å². The minimum Gasteiger partial charge on any atom is -0.355 e. The molecule has 0 spiro atoms. The number of aromatic amines is 1. The molecule has 1 aliphatic carbocycles. The Morgan fingerprint density at radius 2 is 1.64 bits per heavy atom. The summed E-state index contributed by atoms with van der Waals surface area (Å²) < 4.78 is 26.5. The van der Waals surface area contributed by atoms with Gasteiger partial charge in [-0.2, -0.15) is 0 Å². The van der Waals surface area contributed by atoms with Gasteiger partial charge in [0.15, 0.2) is 11.6 Å². The molecule has 1 amide bonds. The van der Waals surface area contributed by atoms with Crippen molar-refractivity contribution < 1.29 is 13.6 Å². The highest BCUT2D eigenvalue weighted by molar-refractivity contribution is 6.04. The van der Waals surface area contributed by atoms with Crippen LogP contribution in [0, 0.1) is 11.6 Å². The summed E-state index contributed by atoms with van der Waals surface area (Å²) in [5, 5.41) is 6.96. The summed E-state index contributed by atoms with van der Waals surface area (Å²) >= 11 is 0. The molecule has 0 saturated carbocycles. The first-order valence-electron chi connectivity index (χ1n) is 10.7. The normalized spacial score (nSPS) is 12.9. The topological polar surface area (TPSA) is 86.9 Å². The molecule has 33 heavy (non-hydrogen) atoms. The van der Waals surface area contributed by atoms with Gasteiger partial charge in [-0.25, -0.2) is 13.8 Å². The van der Waals surface area contributed by atoms with Crippen molar-refractivity contribution in [3.63, 3.8) is 0 Å². The van der Waals surface area contributed by atoms with E-state index in [9.17, 15) is 18.4 Å². The SMILES string of the molecule is O=C(Nc1ccc(Nc2ccnc3[nH]c(=O)c4c(c23)CCCC4)cc1)c1ccc(F)c(F)c1. The molecule has 4 aromatic rings. The van der Waals surface area contributed by atoms with Crippen LogP contribution >= 0.6 is 0 Å². The summed E-state index contributed by atoms with van der Waals surface area (Å²) in [5.74, 6) is -2.61. The van der Waals surface area contributed by atoms with Gasteiger partial charge < -0.3 is 15.6 Å². The number of fused-ring (bicyclic) bond motifs is 3. The van der Waals surface area contributed by atoms with Gasteiger partial charge in [0.05, 0.1) is 5.69 Å². The largest absolute Gasteiger partial charge is 0.355 e. The van der Waals surface area contributed by atoms with Gasteiger partial charge in [0.25, 0.3) is 11.5 Å². The molecule has 8 heteroatoms. The molecule has 0 radical (unpaired) electrons. The zero-order valence-corrected chi connectivity index (χ0v) is 17.5. The van der Waals surface area contributed by atoms with Gasteiger partial charge in [-0.15, -0.1) is 0 Å². The highest BCUT2D eigenvalue weighted by Crippen LogP contribution is 2.32. The van der Waals surface area contributed by atoms with Crippen LogP contribution < -0.4 is 16.2 Å². The number of hydrogen-bond acceptors (Lipinski definition) is 4. The van der Waals surface area contributed by atoms with Crippen LogP contribution in [0.1, 0.15) is 34.3 Å². The number of nitrogens with zero attached hydrogens (tertiary/aromatic N) is 1. The Labute approximate surface area is 187 Å². The van der Waals surface area contributed by atoms with E-state index in [1.54, 1.807) is 30.5 Å². The molecule has 6 nitrogen and oxygen atoms in total. The molecule has 0 atom stereocenters. The summed E-state index contributed by atoms with van der Waals surface area (Å²) in [7, 11) is 0. The molecule has 1 aliphatic rings. The molecule has 2 heterocycles. The number of halogens is 2. The van der Waals surface area contributed by atoms with Gasteiger partial charge in [0, 0.05) is 34.1 Å². The van der Waals surface area contributed by atoms with Crippen molar-refractivity contribution in [3.8, 4) is 0 Å². The summed E-state index contributed by atoms with van der Waals surface area (Å²) in [6, 6.07) is 11.9. The van der Waals surface area contributed by atoms with Crippen LogP contribution in [0.4, 0.5) is 25.8 Å². The van der Waals surface area contributed by atoms with Crippen molar-refractivity contribution in [1.29, 1.82) is 0 Å². The number of aromatic nitrogens is 2. The molecule has 3 N–H and O–H groups in total. The number of rotatable bonds is 4. The van der Waals surface area contributed by atoms with E-state index in [4.69, 9.17) is 0 Å². The third-order valence-electron chi connectivity index (χ3n) is 5.83. The van der Waals surface area contributed by atoms with Crippen molar-refractivity contribution in [3.05, 3.63) is 93.4 Å².